The molecular weight excluding hydrogens is 276 g/mol. The van der Waals surface area contributed by atoms with Gasteiger partial charge in [-0.3, -0.25) is 0 Å². The van der Waals surface area contributed by atoms with Crippen LogP contribution in [0.3, 0.4) is 0 Å². The van der Waals surface area contributed by atoms with E-state index < -0.39 is 17.6 Å². The number of hydrogen-bond acceptors (Lipinski definition) is 3. The predicted octanol–water partition coefficient (Wildman–Crippen LogP) is 3.90. The Labute approximate surface area is 111 Å². The van der Waals surface area contributed by atoms with Crippen molar-refractivity contribution in [3.8, 4) is 17.6 Å². The topological polar surface area (TPSA) is 45.9 Å². The molecule has 1 heterocycles. The Morgan fingerprint density at radius 2 is 1.80 bits per heavy atom. The van der Waals surface area contributed by atoms with Crippen molar-refractivity contribution in [2.75, 3.05) is 0 Å². The van der Waals surface area contributed by atoms with E-state index in [0.29, 0.717) is 12.1 Å². The molecule has 0 amide bonds. The molecule has 0 fully saturated rings. The van der Waals surface area contributed by atoms with Crippen molar-refractivity contribution >= 4 is 0 Å². The standard InChI is InChI=1S/C13H6F4N2O/c14-12-4-3-9(5-11(12)13(15,16)17)20-10-2-1-8(6-18)19-7-10/h1-5,7H. The maximum Gasteiger partial charge on any atom is 0.419 e. The predicted molar refractivity (Wildman–Crippen MR) is 60.4 cm³/mol. The Hall–Kier alpha value is -2.62. The van der Waals surface area contributed by atoms with Crippen LogP contribution in [-0.2, 0) is 6.18 Å². The Bertz CT molecular complexity index is 660. The van der Waals surface area contributed by atoms with Crippen LogP contribution in [0.1, 0.15) is 11.3 Å². The van der Waals surface area contributed by atoms with E-state index in [2.05, 4.69) is 4.98 Å². The molecule has 0 saturated heterocycles. The molecule has 0 bridgehead atoms. The third kappa shape index (κ3) is 3.03. The Morgan fingerprint density at radius 1 is 1.10 bits per heavy atom. The highest BCUT2D eigenvalue weighted by atomic mass is 19.4. The minimum absolute atomic E-state index is 0.142. The van der Waals surface area contributed by atoms with Gasteiger partial charge < -0.3 is 4.74 Å². The van der Waals surface area contributed by atoms with E-state index >= 15 is 0 Å². The van der Waals surface area contributed by atoms with Gasteiger partial charge in [0.15, 0.2) is 0 Å². The van der Waals surface area contributed by atoms with Crippen LogP contribution in [0.25, 0.3) is 0 Å². The first kappa shape index (κ1) is 13.8. The first-order valence-electron chi connectivity index (χ1n) is 5.31. The lowest BCUT2D eigenvalue weighted by molar-refractivity contribution is -0.140. The Morgan fingerprint density at radius 3 is 2.35 bits per heavy atom. The average molecular weight is 282 g/mol. The molecule has 3 nitrogen and oxygen atoms in total. The molecule has 1 aromatic heterocycles. The maximum absolute atomic E-state index is 13.1. The van der Waals surface area contributed by atoms with Gasteiger partial charge in [0.05, 0.1) is 11.8 Å². The minimum atomic E-state index is -4.80. The highest BCUT2D eigenvalue weighted by Crippen LogP contribution is 2.34. The zero-order chi connectivity index (χ0) is 14.8. The lowest BCUT2D eigenvalue weighted by Gasteiger charge is -2.10. The molecule has 0 atom stereocenters. The van der Waals surface area contributed by atoms with Crippen LogP contribution in [0.2, 0.25) is 0 Å². The number of pyridine rings is 1. The van der Waals surface area contributed by atoms with Crippen LogP contribution >= 0.6 is 0 Å². The van der Waals surface area contributed by atoms with Crippen molar-refractivity contribution in [1.82, 2.24) is 4.98 Å². The van der Waals surface area contributed by atoms with Gasteiger partial charge in [0.25, 0.3) is 0 Å². The Kier molecular flexibility index (Phi) is 3.57. The van der Waals surface area contributed by atoms with Gasteiger partial charge in [0.1, 0.15) is 29.1 Å². The number of benzene rings is 1. The fourth-order valence-electron chi connectivity index (χ4n) is 1.43. The van der Waals surface area contributed by atoms with E-state index in [-0.39, 0.29) is 17.2 Å². The van der Waals surface area contributed by atoms with Crippen LogP contribution in [0.15, 0.2) is 36.5 Å². The molecule has 20 heavy (non-hydrogen) atoms. The second-order valence-electron chi connectivity index (χ2n) is 3.73. The normalized spacial score (nSPS) is 10.9. The van der Waals surface area contributed by atoms with E-state index in [4.69, 9.17) is 10.00 Å². The first-order chi connectivity index (χ1) is 9.40. The molecular formula is C13H6F4N2O. The van der Waals surface area contributed by atoms with E-state index in [0.717, 1.165) is 6.07 Å². The zero-order valence-electron chi connectivity index (χ0n) is 9.78. The molecule has 0 radical (unpaired) electrons. The maximum atomic E-state index is 13.1. The molecule has 0 aliphatic carbocycles. The van der Waals surface area contributed by atoms with Gasteiger partial charge in [0, 0.05) is 0 Å². The number of ether oxygens (including phenoxy) is 1. The molecule has 0 N–H and O–H groups in total. The first-order valence-corrected chi connectivity index (χ1v) is 5.31. The van der Waals surface area contributed by atoms with Gasteiger partial charge in [-0.1, -0.05) is 0 Å². The fraction of sp³-hybridized carbons (Fsp3) is 0.0769. The lowest BCUT2D eigenvalue weighted by Crippen LogP contribution is -2.08. The molecule has 0 spiro atoms. The van der Waals surface area contributed by atoms with Crippen LogP contribution in [0.5, 0.6) is 11.5 Å². The summed E-state index contributed by atoms with van der Waals surface area (Å²) in [6.07, 6.45) is -3.61. The lowest BCUT2D eigenvalue weighted by atomic mass is 10.2. The van der Waals surface area contributed by atoms with E-state index in [9.17, 15) is 17.6 Å². The summed E-state index contributed by atoms with van der Waals surface area (Å²) >= 11 is 0. The Balaban J connectivity index is 2.28. The molecule has 0 aliphatic heterocycles. The molecule has 102 valence electrons. The van der Waals surface area contributed by atoms with Gasteiger partial charge in [0.2, 0.25) is 0 Å². The van der Waals surface area contributed by atoms with Crippen molar-refractivity contribution in [1.29, 1.82) is 5.26 Å². The van der Waals surface area contributed by atoms with Crippen LogP contribution in [0.4, 0.5) is 17.6 Å². The SMILES string of the molecule is N#Cc1ccc(Oc2ccc(F)c(C(F)(F)F)c2)cn1. The molecule has 1 aromatic carbocycles. The van der Waals surface area contributed by atoms with Gasteiger partial charge in [-0.2, -0.15) is 18.4 Å². The molecule has 0 unspecified atom stereocenters. The van der Waals surface area contributed by atoms with Gasteiger partial charge in [-0.25, -0.2) is 9.37 Å². The minimum Gasteiger partial charge on any atom is -0.456 e. The highest BCUT2D eigenvalue weighted by molar-refractivity contribution is 5.36. The molecule has 2 rings (SSSR count). The molecule has 0 aliphatic rings. The third-order valence-electron chi connectivity index (χ3n) is 2.33. The van der Waals surface area contributed by atoms with Crippen LogP contribution in [0, 0.1) is 17.1 Å². The number of aromatic nitrogens is 1. The number of halogens is 4. The average Bonchev–Trinajstić information content (AvgIpc) is 2.40. The van der Waals surface area contributed by atoms with Crippen molar-refractivity contribution in [3.63, 3.8) is 0 Å². The third-order valence-corrected chi connectivity index (χ3v) is 2.33. The summed E-state index contributed by atoms with van der Waals surface area (Å²) in [6, 6.07) is 6.83. The van der Waals surface area contributed by atoms with Gasteiger partial charge in [-0.05, 0) is 30.3 Å². The summed E-state index contributed by atoms with van der Waals surface area (Å²) in [6.45, 7) is 0. The summed E-state index contributed by atoms with van der Waals surface area (Å²) in [7, 11) is 0. The molecule has 0 saturated carbocycles. The fourth-order valence-corrected chi connectivity index (χ4v) is 1.43. The van der Waals surface area contributed by atoms with Crippen molar-refractivity contribution in [2.24, 2.45) is 0 Å². The number of rotatable bonds is 2. The summed E-state index contributed by atoms with van der Waals surface area (Å²) in [5.74, 6) is -1.41. The second-order valence-corrected chi connectivity index (χ2v) is 3.73. The van der Waals surface area contributed by atoms with E-state index in [1.165, 1.54) is 18.3 Å². The van der Waals surface area contributed by atoms with Gasteiger partial charge in [-0.15, -0.1) is 0 Å². The largest absolute Gasteiger partial charge is 0.456 e. The second kappa shape index (κ2) is 5.17. The summed E-state index contributed by atoms with van der Waals surface area (Å²) in [5.41, 5.74) is -1.26. The molecule has 2 aromatic rings. The van der Waals surface area contributed by atoms with Crippen LogP contribution < -0.4 is 4.74 Å². The van der Waals surface area contributed by atoms with E-state index in [1.807, 2.05) is 0 Å². The summed E-state index contributed by atoms with van der Waals surface area (Å²) < 4.78 is 55.8. The summed E-state index contributed by atoms with van der Waals surface area (Å²) in [5, 5.41) is 8.55. The highest BCUT2D eigenvalue weighted by Gasteiger charge is 2.34. The number of alkyl halides is 3. The molecule has 7 heteroatoms. The smallest absolute Gasteiger partial charge is 0.419 e. The number of nitrogens with zero attached hydrogens (tertiary/aromatic N) is 2. The van der Waals surface area contributed by atoms with E-state index in [1.54, 1.807) is 6.07 Å². The van der Waals surface area contributed by atoms with Crippen LogP contribution in [-0.4, -0.2) is 4.98 Å². The number of nitriles is 1. The zero-order valence-corrected chi connectivity index (χ0v) is 9.78. The van der Waals surface area contributed by atoms with Crippen molar-refractivity contribution < 1.29 is 22.3 Å². The quantitative estimate of drug-likeness (QED) is 0.785. The van der Waals surface area contributed by atoms with Gasteiger partial charge >= 0.3 is 6.18 Å². The number of hydrogen-bond donors (Lipinski definition) is 0. The summed E-state index contributed by atoms with van der Waals surface area (Å²) in [4.78, 5) is 3.70. The monoisotopic (exact) mass is 282 g/mol. The van der Waals surface area contributed by atoms with Crippen molar-refractivity contribution in [3.05, 3.63) is 53.6 Å². The van der Waals surface area contributed by atoms with Crippen molar-refractivity contribution in [2.45, 2.75) is 6.18 Å².